The normalized spacial score (nSPS) is 16.9. The SMILES string of the molecule is COc1ccc2nc(N3C(=O)C(=O)/C(=C(/O)c4ccc(F)cc4)[C@H]3c3ccc(OC)c(OC)c3)sc2c1. The van der Waals surface area contributed by atoms with Gasteiger partial charge in [0.2, 0.25) is 0 Å². The number of fused-ring (bicyclic) bond motifs is 1. The molecule has 1 aromatic heterocycles. The number of aliphatic hydroxyl groups excluding tert-OH is 1. The Kier molecular flexibility index (Phi) is 6.26. The lowest BCUT2D eigenvalue weighted by Crippen LogP contribution is -2.29. The molecule has 0 bridgehead atoms. The lowest BCUT2D eigenvalue weighted by molar-refractivity contribution is -0.132. The van der Waals surface area contributed by atoms with Crippen molar-refractivity contribution >= 4 is 44.1 Å². The van der Waals surface area contributed by atoms with Crippen molar-refractivity contribution in [1.82, 2.24) is 4.98 Å². The van der Waals surface area contributed by atoms with Gasteiger partial charge >= 0.3 is 5.91 Å². The molecule has 1 aliphatic heterocycles. The Morgan fingerprint density at radius 2 is 1.68 bits per heavy atom. The van der Waals surface area contributed by atoms with Crippen molar-refractivity contribution in [1.29, 1.82) is 0 Å². The number of benzene rings is 3. The Morgan fingerprint density at radius 3 is 2.35 bits per heavy atom. The molecule has 3 aromatic carbocycles. The van der Waals surface area contributed by atoms with Crippen molar-refractivity contribution in [2.45, 2.75) is 6.04 Å². The summed E-state index contributed by atoms with van der Waals surface area (Å²) >= 11 is 1.21. The number of amides is 1. The molecule has 0 spiro atoms. The fourth-order valence-electron chi connectivity index (χ4n) is 4.25. The Morgan fingerprint density at radius 1 is 0.946 bits per heavy atom. The quantitative estimate of drug-likeness (QED) is 0.215. The molecule has 4 aromatic rings. The van der Waals surface area contributed by atoms with Gasteiger partial charge in [0.15, 0.2) is 16.6 Å². The third-order valence-corrected chi connectivity index (χ3v) is 7.09. The molecule has 188 valence electrons. The number of aromatic nitrogens is 1. The summed E-state index contributed by atoms with van der Waals surface area (Å²) < 4.78 is 30.3. The van der Waals surface area contributed by atoms with E-state index in [0.29, 0.717) is 28.3 Å². The molecule has 0 unspecified atom stereocenters. The number of thiazole rings is 1. The number of ether oxygens (including phenoxy) is 3. The lowest BCUT2D eigenvalue weighted by atomic mass is 9.95. The Balaban J connectivity index is 1.73. The van der Waals surface area contributed by atoms with Crippen LogP contribution in [0.1, 0.15) is 17.2 Å². The minimum absolute atomic E-state index is 0.152. The fourth-order valence-corrected chi connectivity index (χ4v) is 5.27. The first-order chi connectivity index (χ1) is 17.9. The first kappa shape index (κ1) is 24.3. The van der Waals surface area contributed by atoms with Crippen LogP contribution in [0.3, 0.4) is 0 Å². The van der Waals surface area contributed by atoms with Gasteiger partial charge in [-0.25, -0.2) is 9.37 Å². The van der Waals surface area contributed by atoms with Crippen molar-refractivity contribution in [2.75, 3.05) is 26.2 Å². The van der Waals surface area contributed by atoms with E-state index in [-0.39, 0.29) is 16.3 Å². The summed E-state index contributed by atoms with van der Waals surface area (Å²) in [5.41, 5.74) is 1.14. The van der Waals surface area contributed by atoms with Crippen LogP contribution in [0.25, 0.3) is 16.0 Å². The van der Waals surface area contributed by atoms with E-state index >= 15 is 0 Å². The summed E-state index contributed by atoms with van der Waals surface area (Å²) in [7, 11) is 4.51. The van der Waals surface area contributed by atoms with Crippen LogP contribution in [-0.2, 0) is 9.59 Å². The van der Waals surface area contributed by atoms with Gasteiger partial charge in [-0.1, -0.05) is 17.4 Å². The lowest BCUT2D eigenvalue weighted by Gasteiger charge is -2.23. The zero-order valence-corrected chi connectivity index (χ0v) is 20.8. The molecule has 2 heterocycles. The van der Waals surface area contributed by atoms with Gasteiger partial charge in [-0.2, -0.15) is 0 Å². The predicted octanol–water partition coefficient (Wildman–Crippen LogP) is 5.09. The maximum atomic E-state index is 13.5. The van der Waals surface area contributed by atoms with Crippen molar-refractivity contribution in [3.63, 3.8) is 0 Å². The van der Waals surface area contributed by atoms with E-state index in [1.165, 1.54) is 42.6 Å². The first-order valence-electron chi connectivity index (χ1n) is 11.1. The predicted molar refractivity (Wildman–Crippen MR) is 137 cm³/mol. The van der Waals surface area contributed by atoms with Crippen molar-refractivity contribution < 1.29 is 33.3 Å². The van der Waals surface area contributed by atoms with Crippen LogP contribution in [0.5, 0.6) is 17.2 Å². The van der Waals surface area contributed by atoms with Crippen LogP contribution in [0, 0.1) is 5.82 Å². The van der Waals surface area contributed by atoms with Gasteiger partial charge in [-0.05, 0) is 60.2 Å². The molecule has 1 aliphatic rings. The van der Waals surface area contributed by atoms with E-state index in [1.54, 1.807) is 43.5 Å². The van der Waals surface area contributed by atoms with Gasteiger partial charge < -0.3 is 19.3 Å². The van der Waals surface area contributed by atoms with Crippen LogP contribution >= 0.6 is 11.3 Å². The highest BCUT2D eigenvalue weighted by Gasteiger charge is 2.48. The van der Waals surface area contributed by atoms with Crippen LogP contribution in [0.4, 0.5) is 9.52 Å². The maximum absolute atomic E-state index is 13.5. The van der Waals surface area contributed by atoms with Crippen LogP contribution < -0.4 is 19.1 Å². The number of ketones is 1. The number of hydrogen-bond donors (Lipinski definition) is 1. The molecule has 1 fully saturated rings. The molecule has 5 rings (SSSR count). The summed E-state index contributed by atoms with van der Waals surface area (Å²) in [5, 5.41) is 11.5. The molecule has 0 radical (unpaired) electrons. The molecule has 1 amide bonds. The third kappa shape index (κ3) is 4.15. The van der Waals surface area contributed by atoms with Gasteiger partial charge in [-0.3, -0.25) is 14.5 Å². The molecular weight excluding hydrogens is 499 g/mol. The highest BCUT2D eigenvalue weighted by atomic mass is 32.1. The molecule has 1 atom stereocenters. The Labute approximate surface area is 215 Å². The zero-order chi connectivity index (χ0) is 26.3. The molecule has 1 saturated heterocycles. The van der Waals surface area contributed by atoms with E-state index in [4.69, 9.17) is 14.2 Å². The number of methoxy groups -OCH3 is 3. The van der Waals surface area contributed by atoms with E-state index in [2.05, 4.69) is 4.98 Å². The van der Waals surface area contributed by atoms with E-state index in [0.717, 1.165) is 16.8 Å². The summed E-state index contributed by atoms with van der Waals surface area (Å²) in [6.07, 6.45) is 0. The highest BCUT2D eigenvalue weighted by Crippen LogP contribution is 2.46. The number of Topliss-reactive ketones (excluding diaryl/α,β-unsaturated/α-hetero) is 1. The van der Waals surface area contributed by atoms with Gasteiger partial charge in [0.05, 0.1) is 43.2 Å². The molecule has 8 nitrogen and oxygen atoms in total. The van der Waals surface area contributed by atoms with Crippen molar-refractivity contribution in [3.05, 3.63) is 83.2 Å². The second kappa shape index (κ2) is 9.55. The number of aliphatic hydroxyl groups is 1. The maximum Gasteiger partial charge on any atom is 0.301 e. The van der Waals surface area contributed by atoms with Gasteiger partial charge in [0.25, 0.3) is 5.78 Å². The summed E-state index contributed by atoms with van der Waals surface area (Å²) in [6.45, 7) is 0. The average molecular weight is 521 g/mol. The number of carbonyl (C=O) groups is 2. The van der Waals surface area contributed by atoms with Crippen LogP contribution in [0.15, 0.2) is 66.2 Å². The second-order valence-corrected chi connectivity index (χ2v) is 9.13. The number of halogens is 1. The van der Waals surface area contributed by atoms with E-state index in [1.807, 2.05) is 0 Å². The number of nitrogens with zero attached hydrogens (tertiary/aromatic N) is 2. The molecule has 0 saturated carbocycles. The van der Waals surface area contributed by atoms with Gasteiger partial charge in [0.1, 0.15) is 17.3 Å². The van der Waals surface area contributed by atoms with E-state index in [9.17, 15) is 19.1 Å². The number of hydrogen-bond acceptors (Lipinski definition) is 8. The summed E-state index contributed by atoms with van der Waals surface area (Å²) in [5.74, 6) is -1.22. The van der Waals surface area contributed by atoms with Crippen molar-refractivity contribution in [3.8, 4) is 17.2 Å². The summed E-state index contributed by atoms with van der Waals surface area (Å²) in [6, 6.07) is 14.2. The monoisotopic (exact) mass is 520 g/mol. The smallest absolute Gasteiger partial charge is 0.301 e. The largest absolute Gasteiger partial charge is 0.507 e. The Hall–Kier alpha value is -4.44. The number of rotatable bonds is 6. The zero-order valence-electron chi connectivity index (χ0n) is 20.0. The molecule has 37 heavy (non-hydrogen) atoms. The summed E-state index contributed by atoms with van der Waals surface area (Å²) in [4.78, 5) is 32.6. The minimum atomic E-state index is -1.03. The molecule has 0 aliphatic carbocycles. The third-order valence-electron chi connectivity index (χ3n) is 6.08. The van der Waals surface area contributed by atoms with E-state index < -0.39 is 29.3 Å². The van der Waals surface area contributed by atoms with Gasteiger partial charge in [-0.15, -0.1) is 0 Å². The Bertz CT molecular complexity index is 1560. The average Bonchev–Trinajstić information content (AvgIpc) is 3.45. The standard InChI is InChI=1S/C27H21FN2O6S/c1-34-17-9-10-18-21(13-17)37-27(29-18)30-23(15-6-11-19(35-2)20(12-15)36-3)22(25(32)26(30)33)24(31)14-4-7-16(28)8-5-14/h4-13,23,31H,1-3H3/b24-22+/t23-/m1/s1. The number of carbonyl (C=O) groups excluding carboxylic acids is 2. The molecule has 1 N–H and O–H groups in total. The van der Waals surface area contributed by atoms with Gasteiger partial charge in [0, 0.05) is 5.56 Å². The molecular formula is C27H21FN2O6S. The first-order valence-corrected chi connectivity index (χ1v) is 11.9. The second-order valence-electron chi connectivity index (χ2n) is 8.12. The molecule has 10 heteroatoms. The number of anilines is 1. The topological polar surface area (TPSA) is 98.2 Å². The fraction of sp³-hybridized carbons (Fsp3) is 0.148. The minimum Gasteiger partial charge on any atom is -0.507 e. The van der Waals surface area contributed by atoms with Crippen LogP contribution in [-0.4, -0.2) is 43.1 Å². The van der Waals surface area contributed by atoms with Crippen LogP contribution in [0.2, 0.25) is 0 Å². The highest BCUT2D eigenvalue weighted by molar-refractivity contribution is 7.22. The van der Waals surface area contributed by atoms with Crippen molar-refractivity contribution in [2.24, 2.45) is 0 Å².